The maximum atomic E-state index is 13.2. The minimum absolute atomic E-state index is 0.0656. The number of sulfonamides is 1. The van der Waals surface area contributed by atoms with Crippen molar-refractivity contribution in [3.8, 4) is 5.75 Å². The first-order chi connectivity index (χ1) is 15.8. The molecule has 4 rings (SSSR count). The largest absolute Gasteiger partial charge is 0.435 e. The van der Waals surface area contributed by atoms with Crippen molar-refractivity contribution in [2.75, 3.05) is 38.0 Å². The summed E-state index contributed by atoms with van der Waals surface area (Å²) in [6.07, 6.45) is 2.34. The molecule has 0 aromatic heterocycles. The molecule has 10 heteroatoms. The Hall–Kier alpha value is -2.82. The third-order valence-electron chi connectivity index (χ3n) is 5.72. The summed E-state index contributed by atoms with van der Waals surface area (Å²) in [5.41, 5.74) is 2.19. The van der Waals surface area contributed by atoms with Crippen molar-refractivity contribution in [2.24, 2.45) is 0 Å². The van der Waals surface area contributed by atoms with Gasteiger partial charge in [0.25, 0.3) is 0 Å². The fourth-order valence-corrected chi connectivity index (χ4v) is 5.65. The van der Waals surface area contributed by atoms with Crippen LogP contribution in [0.15, 0.2) is 53.4 Å². The molecular formula is C23H25F2N3O4S. The van der Waals surface area contributed by atoms with Crippen LogP contribution in [-0.2, 0) is 21.2 Å². The van der Waals surface area contributed by atoms with Crippen LogP contribution in [0.25, 0.3) is 6.08 Å². The molecule has 1 aliphatic heterocycles. The van der Waals surface area contributed by atoms with Gasteiger partial charge in [0.15, 0.2) is 0 Å². The van der Waals surface area contributed by atoms with Gasteiger partial charge in [-0.05, 0) is 54.3 Å². The van der Waals surface area contributed by atoms with E-state index in [1.165, 1.54) is 16.4 Å². The molecule has 0 bridgehead atoms. The molecule has 1 heterocycles. The number of benzene rings is 2. The summed E-state index contributed by atoms with van der Waals surface area (Å²) < 4.78 is 57.1. The quantitative estimate of drug-likeness (QED) is 0.663. The van der Waals surface area contributed by atoms with Crippen molar-refractivity contribution in [3.63, 3.8) is 0 Å². The predicted molar refractivity (Wildman–Crippen MR) is 121 cm³/mol. The Morgan fingerprint density at radius 1 is 1.03 bits per heavy atom. The number of alkyl halides is 2. The number of rotatable bonds is 7. The van der Waals surface area contributed by atoms with Crippen molar-refractivity contribution < 1.29 is 26.7 Å². The SMILES string of the molecule is O=C(CN1CCN(S(=O)(=O)C2=Cc3ccc(OC(F)F)cc3CC2)CC1)Nc1ccccc1. The van der Waals surface area contributed by atoms with Crippen LogP contribution in [0.4, 0.5) is 14.5 Å². The lowest BCUT2D eigenvalue weighted by Gasteiger charge is -2.34. The van der Waals surface area contributed by atoms with E-state index in [-0.39, 0.29) is 18.2 Å². The first-order valence-electron chi connectivity index (χ1n) is 10.7. The maximum absolute atomic E-state index is 13.2. The van der Waals surface area contributed by atoms with Crippen LogP contribution in [0.5, 0.6) is 5.75 Å². The Kier molecular flexibility index (Phi) is 7.06. The molecule has 1 amide bonds. The number of amides is 1. The number of halogens is 2. The predicted octanol–water partition coefficient (Wildman–Crippen LogP) is 3.16. The summed E-state index contributed by atoms with van der Waals surface area (Å²) in [5, 5.41) is 2.83. The summed E-state index contributed by atoms with van der Waals surface area (Å²) in [4.78, 5) is 14.5. The molecule has 1 aliphatic carbocycles. The van der Waals surface area contributed by atoms with E-state index in [9.17, 15) is 22.0 Å². The minimum Gasteiger partial charge on any atom is -0.435 e. The number of hydrogen-bond acceptors (Lipinski definition) is 5. The van der Waals surface area contributed by atoms with Gasteiger partial charge in [0.05, 0.1) is 11.4 Å². The summed E-state index contributed by atoms with van der Waals surface area (Å²) in [5.74, 6) is -0.0739. The fraction of sp³-hybridized carbons (Fsp3) is 0.348. The number of piperazine rings is 1. The van der Waals surface area contributed by atoms with E-state index in [0.29, 0.717) is 49.5 Å². The number of carbonyl (C=O) groups is 1. The van der Waals surface area contributed by atoms with Gasteiger partial charge >= 0.3 is 6.61 Å². The number of hydrogen-bond donors (Lipinski definition) is 1. The van der Waals surface area contributed by atoms with Gasteiger partial charge in [-0.1, -0.05) is 24.3 Å². The van der Waals surface area contributed by atoms with E-state index in [0.717, 1.165) is 11.3 Å². The third kappa shape index (κ3) is 5.76. The summed E-state index contributed by atoms with van der Waals surface area (Å²) >= 11 is 0. The van der Waals surface area contributed by atoms with Crippen molar-refractivity contribution >= 4 is 27.7 Å². The monoisotopic (exact) mass is 477 g/mol. The van der Waals surface area contributed by atoms with Gasteiger partial charge in [-0.3, -0.25) is 9.69 Å². The molecule has 1 fully saturated rings. The number of para-hydroxylation sites is 1. The Morgan fingerprint density at radius 2 is 1.76 bits per heavy atom. The molecule has 7 nitrogen and oxygen atoms in total. The topological polar surface area (TPSA) is 79.0 Å². The van der Waals surface area contributed by atoms with E-state index in [1.54, 1.807) is 12.1 Å². The standard InChI is InChI=1S/C23H25F2N3O4S/c24-23(25)32-20-8-6-18-15-21(9-7-17(18)14-20)33(30,31)28-12-10-27(11-13-28)16-22(29)26-19-4-2-1-3-5-19/h1-6,8,14-15,23H,7,9-13,16H2,(H,26,29). The second-order valence-corrected chi connectivity index (χ2v) is 9.94. The molecule has 0 radical (unpaired) electrons. The highest BCUT2D eigenvalue weighted by molar-refractivity contribution is 7.93. The molecule has 33 heavy (non-hydrogen) atoms. The first-order valence-corrected chi connectivity index (χ1v) is 12.1. The lowest BCUT2D eigenvalue weighted by molar-refractivity contribution is -0.117. The Balaban J connectivity index is 1.35. The molecule has 0 atom stereocenters. The normalized spacial score (nSPS) is 17.4. The van der Waals surface area contributed by atoms with Gasteiger partial charge in [-0.15, -0.1) is 0 Å². The number of ether oxygens (including phenoxy) is 1. The van der Waals surface area contributed by atoms with E-state index in [1.807, 2.05) is 35.2 Å². The molecule has 0 saturated carbocycles. The molecule has 2 aliphatic rings. The third-order valence-corrected chi connectivity index (χ3v) is 7.75. The average Bonchev–Trinajstić information content (AvgIpc) is 2.79. The lowest BCUT2D eigenvalue weighted by atomic mass is 9.97. The summed E-state index contributed by atoms with van der Waals surface area (Å²) in [6, 6.07) is 13.7. The second-order valence-electron chi connectivity index (χ2n) is 7.94. The lowest BCUT2D eigenvalue weighted by Crippen LogP contribution is -2.50. The zero-order valence-corrected chi connectivity index (χ0v) is 18.7. The van der Waals surface area contributed by atoms with Crippen LogP contribution >= 0.6 is 0 Å². The molecule has 1 saturated heterocycles. The molecule has 176 valence electrons. The van der Waals surface area contributed by atoms with E-state index in [2.05, 4.69) is 10.1 Å². The molecule has 2 aromatic carbocycles. The van der Waals surface area contributed by atoms with Crippen LogP contribution in [-0.4, -0.2) is 62.9 Å². The Morgan fingerprint density at radius 3 is 2.45 bits per heavy atom. The van der Waals surface area contributed by atoms with Gasteiger partial charge in [-0.25, -0.2) is 8.42 Å². The van der Waals surface area contributed by atoms with Gasteiger partial charge in [0.2, 0.25) is 15.9 Å². The Labute approximate surface area is 191 Å². The molecule has 2 aromatic rings. The Bertz CT molecular complexity index is 1130. The van der Waals surface area contributed by atoms with E-state index < -0.39 is 16.6 Å². The van der Waals surface area contributed by atoms with E-state index in [4.69, 9.17) is 0 Å². The zero-order valence-electron chi connectivity index (χ0n) is 17.9. The first kappa shape index (κ1) is 23.3. The van der Waals surface area contributed by atoms with Crippen molar-refractivity contribution in [2.45, 2.75) is 19.5 Å². The number of allylic oxidation sites excluding steroid dienone is 1. The number of fused-ring (bicyclic) bond motifs is 1. The van der Waals surface area contributed by atoms with Gasteiger partial charge in [-0.2, -0.15) is 13.1 Å². The highest BCUT2D eigenvalue weighted by Crippen LogP contribution is 2.32. The van der Waals surface area contributed by atoms with Gasteiger partial charge < -0.3 is 10.1 Å². The second kappa shape index (κ2) is 9.98. The van der Waals surface area contributed by atoms with Gasteiger partial charge in [0.1, 0.15) is 5.75 Å². The number of nitrogens with one attached hydrogen (secondary N) is 1. The molecular weight excluding hydrogens is 452 g/mol. The zero-order chi connectivity index (χ0) is 23.4. The highest BCUT2D eigenvalue weighted by Gasteiger charge is 2.32. The van der Waals surface area contributed by atoms with Crippen LogP contribution in [0.3, 0.4) is 0 Å². The van der Waals surface area contributed by atoms with Crippen LogP contribution in [0, 0.1) is 0 Å². The molecule has 0 unspecified atom stereocenters. The summed E-state index contributed by atoms with van der Waals surface area (Å²) in [6.45, 7) is -1.19. The fourth-order valence-electron chi connectivity index (χ4n) is 4.04. The van der Waals surface area contributed by atoms with Gasteiger partial charge in [0, 0.05) is 31.9 Å². The number of nitrogens with zero attached hydrogens (tertiary/aromatic N) is 2. The molecule has 1 N–H and O–H groups in total. The van der Waals surface area contributed by atoms with Crippen LogP contribution in [0.1, 0.15) is 17.5 Å². The summed E-state index contributed by atoms with van der Waals surface area (Å²) in [7, 11) is -3.64. The van der Waals surface area contributed by atoms with Crippen molar-refractivity contribution in [3.05, 3.63) is 64.6 Å². The van der Waals surface area contributed by atoms with Crippen LogP contribution in [0.2, 0.25) is 0 Å². The van der Waals surface area contributed by atoms with Crippen molar-refractivity contribution in [1.29, 1.82) is 0 Å². The minimum atomic E-state index is -3.64. The number of anilines is 1. The number of carbonyl (C=O) groups excluding carboxylic acids is 1. The maximum Gasteiger partial charge on any atom is 0.387 e. The van der Waals surface area contributed by atoms with Crippen molar-refractivity contribution in [1.82, 2.24) is 9.21 Å². The smallest absolute Gasteiger partial charge is 0.387 e. The van der Waals surface area contributed by atoms with Crippen LogP contribution < -0.4 is 10.1 Å². The average molecular weight is 478 g/mol. The highest BCUT2D eigenvalue weighted by atomic mass is 32.2. The molecule has 0 spiro atoms. The van der Waals surface area contributed by atoms with E-state index >= 15 is 0 Å². The number of aryl methyl sites for hydroxylation is 1.